The number of carbonyl (C=O) groups is 1. The third kappa shape index (κ3) is 4.55. The van der Waals surface area contributed by atoms with Crippen LogP contribution in [0.25, 0.3) is 0 Å². The molecule has 0 atom stereocenters. The number of anilines is 2. The summed E-state index contributed by atoms with van der Waals surface area (Å²) in [6, 6.07) is 7.38. The van der Waals surface area contributed by atoms with Gasteiger partial charge in [0.15, 0.2) is 5.82 Å². The predicted molar refractivity (Wildman–Crippen MR) is 114 cm³/mol. The van der Waals surface area contributed by atoms with Gasteiger partial charge in [0.05, 0.1) is 6.54 Å². The van der Waals surface area contributed by atoms with E-state index in [4.69, 9.17) is 9.47 Å². The Kier molecular flexibility index (Phi) is 5.57. The molecular weight excluding hydrogens is 396 g/mol. The van der Waals surface area contributed by atoms with Gasteiger partial charge in [0.25, 0.3) is 0 Å². The van der Waals surface area contributed by atoms with E-state index >= 15 is 0 Å². The molecule has 164 valence electrons. The predicted octanol–water partition coefficient (Wildman–Crippen LogP) is 3.59. The molecule has 1 spiro atoms. The molecule has 31 heavy (non-hydrogen) atoms. The van der Waals surface area contributed by atoms with Gasteiger partial charge in [-0.2, -0.15) is 5.10 Å². The summed E-state index contributed by atoms with van der Waals surface area (Å²) in [5.41, 5.74) is -0.413. The standard InChI is InChI=1S/C22H28N6O3/c29-21-28(19-6-3-13-24-26-19)15-22(31-21)11-9-16(10-12-22)14-23-18-7-8-20(27-25-18)30-17-4-1-2-5-17/h3,6-8,13,16-17H,1-2,4-5,9-12,14-15H2,(H,23,25). The highest BCUT2D eigenvalue weighted by Crippen LogP contribution is 2.40. The third-order valence-electron chi connectivity index (χ3n) is 6.62. The van der Waals surface area contributed by atoms with Gasteiger partial charge in [0.1, 0.15) is 17.5 Å². The fourth-order valence-electron chi connectivity index (χ4n) is 4.81. The Morgan fingerprint density at radius 2 is 1.94 bits per heavy atom. The minimum absolute atomic E-state index is 0.289. The number of nitrogens with zero attached hydrogens (tertiary/aromatic N) is 5. The van der Waals surface area contributed by atoms with Crippen LogP contribution in [0.2, 0.25) is 0 Å². The van der Waals surface area contributed by atoms with Crippen LogP contribution in [0.1, 0.15) is 51.4 Å². The molecular formula is C22H28N6O3. The van der Waals surface area contributed by atoms with E-state index in [9.17, 15) is 4.79 Å². The van der Waals surface area contributed by atoms with Gasteiger partial charge in [0, 0.05) is 18.8 Å². The maximum Gasteiger partial charge on any atom is 0.416 e. The maximum absolute atomic E-state index is 12.4. The van der Waals surface area contributed by atoms with Gasteiger partial charge in [-0.15, -0.1) is 15.3 Å². The number of aromatic nitrogens is 4. The lowest BCUT2D eigenvalue weighted by Crippen LogP contribution is -2.39. The summed E-state index contributed by atoms with van der Waals surface area (Å²) < 4.78 is 11.7. The van der Waals surface area contributed by atoms with E-state index < -0.39 is 5.60 Å². The Bertz CT molecular complexity index is 880. The molecule has 0 unspecified atom stereocenters. The lowest BCUT2D eigenvalue weighted by atomic mass is 9.78. The van der Waals surface area contributed by atoms with Gasteiger partial charge in [-0.05, 0) is 75.5 Å². The summed E-state index contributed by atoms with van der Waals surface area (Å²) in [4.78, 5) is 14.0. The fraction of sp³-hybridized carbons (Fsp3) is 0.591. The van der Waals surface area contributed by atoms with Gasteiger partial charge < -0.3 is 14.8 Å². The average Bonchev–Trinajstić information content (AvgIpc) is 3.43. The molecule has 2 saturated carbocycles. The molecule has 3 aliphatic rings. The molecule has 2 aromatic heterocycles. The van der Waals surface area contributed by atoms with Crippen molar-refractivity contribution in [2.45, 2.75) is 63.1 Å². The number of amides is 1. The van der Waals surface area contributed by atoms with E-state index in [-0.39, 0.29) is 12.2 Å². The molecule has 3 heterocycles. The molecule has 9 heteroatoms. The summed E-state index contributed by atoms with van der Waals surface area (Å²) in [6.45, 7) is 1.37. The molecule has 1 amide bonds. The van der Waals surface area contributed by atoms with Crippen LogP contribution >= 0.6 is 0 Å². The molecule has 2 aromatic rings. The zero-order valence-corrected chi connectivity index (χ0v) is 17.6. The minimum Gasteiger partial charge on any atom is -0.473 e. The fourth-order valence-corrected chi connectivity index (χ4v) is 4.81. The molecule has 9 nitrogen and oxygen atoms in total. The number of hydrogen-bond acceptors (Lipinski definition) is 8. The summed E-state index contributed by atoms with van der Waals surface area (Å²) >= 11 is 0. The summed E-state index contributed by atoms with van der Waals surface area (Å²) in [6.07, 6.45) is 9.92. The van der Waals surface area contributed by atoms with Crippen LogP contribution in [0.4, 0.5) is 16.4 Å². The number of rotatable bonds is 6. The first-order valence-corrected chi connectivity index (χ1v) is 11.2. The van der Waals surface area contributed by atoms with Crippen LogP contribution < -0.4 is 15.0 Å². The van der Waals surface area contributed by atoms with Crippen molar-refractivity contribution in [3.05, 3.63) is 30.5 Å². The topological polar surface area (TPSA) is 102 Å². The van der Waals surface area contributed by atoms with Crippen LogP contribution in [0.15, 0.2) is 30.5 Å². The van der Waals surface area contributed by atoms with Gasteiger partial charge in [-0.3, -0.25) is 4.90 Å². The number of nitrogens with one attached hydrogen (secondary N) is 1. The van der Waals surface area contributed by atoms with Crippen molar-refractivity contribution in [3.63, 3.8) is 0 Å². The molecule has 0 aromatic carbocycles. The Labute approximate surface area is 181 Å². The quantitative estimate of drug-likeness (QED) is 0.751. The van der Waals surface area contributed by atoms with Gasteiger partial charge in [-0.25, -0.2) is 4.79 Å². The van der Waals surface area contributed by atoms with Crippen molar-refractivity contribution < 1.29 is 14.3 Å². The monoisotopic (exact) mass is 424 g/mol. The van der Waals surface area contributed by atoms with Gasteiger partial charge in [0.2, 0.25) is 5.88 Å². The molecule has 0 bridgehead atoms. The first-order valence-electron chi connectivity index (χ1n) is 11.2. The van der Waals surface area contributed by atoms with Crippen LogP contribution in [-0.4, -0.2) is 51.3 Å². The Balaban J connectivity index is 1.09. The van der Waals surface area contributed by atoms with Crippen molar-refractivity contribution in [1.82, 2.24) is 20.4 Å². The average molecular weight is 425 g/mol. The summed E-state index contributed by atoms with van der Waals surface area (Å²) in [7, 11) is 0. The summed E-state index contributed by atoms with van der Waals surface area (Å²) in [5.74, 6) is 2.42. The van der Waals surface area contributed by atoms with Crippen molar-refractivity contribution in [3.8, 4) is 5.88 Å². The lowest BCUT2D eigenvalue weighted by Gasteiger charge is -2.35. The van der Waals surface area contributed by atoms with Crippen LogP contribution in [0.3, 0.4) is 0 Å². The molecule has 5 rings (SSSR count). The highest BCUT2D eigenvalue weighted by atomic mass is 16.6. The number of ether oxygens (including phenoxy) is 2. The van der Waals surface area contributed by atoms with Crippen molar-refractivity contribution in [1.29, 1.82) is 0 Å². The molecule has 0 radical (unpaired) electrons. The smallest absolute Gasteiger partial charge is 0.416 e. The van der Waals surface area contributed by atoms with Crippen molar-refractivity contribution in [2.24, 2.45) is 5.92 Å². The normalized spacial score (nSPS) is 26.3. The van der Waals surface area contributed by atoms with Crippen molar-refractivity contribution in [2.75, 3.05) is 23.3 Å². The van der Waals surface area contributed by atoms with E-state index in [0.717, 1.165) is 50.9 Å². The maximum atomic E-state index is 12.4. The van der Waals surface area contributed by atoms with Crippen LogP contribution in [0, 0.1) is 5.92 Å². The molecule has 3 fully saturated rings. The Morgan fingerprint density at radius 1 is 1.10 bits per heavy atom. The van der Waals surface area contributed by atoms with E-state index in [1.807, 2.05) is 12.1 Å². The Hall–Kier alpha value is -2.97. The number of carbonyl (C=O) groups excluding carboxylic acids is 1. The van der Waals surface area contributed by atoms with E-state index in [1.54, 1.807) is 23.2 Å². The van der Waals surface area contributed by atoms with E-state index in [2.05, 4.69) is 25.7 Å². The van der Waals surface area contributed by atoms with E-state index in [1.165, 1.54) is 12.8 Å². The zero-order valence-electron chi connectivity index (χ0n) is 17.6. The molecule has 1 saturated heterocycles. The van der Waals surface area contributed by atoms with Crippen molar-refractivity contribution >= 4 is 17.7 Å². The molecule has 1 aliphatic heterocycles. The Morgan fingerprint density at radius 3 is 2.65 bits per heavy atom. The summed E-state index contributed by atoms with van der Waals surface area (Å²) in [5, 5.41) is 19.8. The third-order valence-corrected chi connectivity index (χ3v) is 6.62. The van der Waals surface area contributed by atoms with Gasteiger partial charge in [-0.1, -0.05) is 0 Å². The molecule has 1 N–H and O–H groups in total. The van der Waals surface area contributed by atoms with E-state index in [0.29, 0.717) is 24.2 Å². The lowest BCUT2D eigenvalue weighted by molar-refractivity contribution is 0.0148. The number of hydrogen-bond donors (Lipinski definition) is 1. The zero-order chi connectivity index (χ0) is 21.1. The minimum atomic E-state index is -0.413. The molecule has 2 aliphatic carbocycles. The highest BCUT2D eigenvalue weighted by molar-refractivity contribution is 5.89. The first kappa shape index (κ1) is 20.0. The SMILES string of the molecule is O=C1OC2(CCC(CNc3ccc(OC4CCCC4)nn3)CC2)CN1c1cccnn1. The first-order chi connectivity index (χ1) is 15.2. The second-order valence-corrected chi connectivity index (χ2v) is 8.82. The van der Waals surface area contributed by atoms with Gasteiger partial charge >= 0.3 is 6.09 Å². The highest BCUT2D eigenvalue weighted by Gasteiger charge is 2.48. The largest absolute Gasteiger partial charge is 0.473 e. The van der Waals surface area contributed by atoms with Crippen LogP contribution in [0.5, 0.6) is 5.88 Å². The second kappa shape index (κ2) is 8.64. The second-order valence-electron chi connectivity index (χ2n) is 8.82. The van der Waals surface area contributed by atoms with Crippen LogP contribution in [-0.2, 0) is 4.74 Å².